The third kappa shape index (κ3) is 3.19. The number of carbonyl (C=O) groups excluding carboxylic acids is 3. The van der Waals surface area contributed by atoms with Gasteiger partial charge in [-0.05, 0) is 53.6 Å². The second kappa shape index (κ2) is 8.06. The molecule has 3 aromatic rings. The minimum Gasteiger partial charge on any atom is -0.497 e. The fraction of sp³-hybridized carbons (Fsp3) is 0.185. The molecule has 2 fully saturated rings. The molecule has 0 unspecified atom stereocenters. The molecule has 7 nitrogen and oxygen atoms in total. The molecule has 0 radical (unpaired) electrons. The van der Waals surface area contributed by atoms with Crippen molar-refractivity contribution >= 4 is 41.1 Å². The number of hydrogen-bond donors (Lipinski definition) is 0. The van der Waals surface area contributed by atoms with Crippen molar-refractivity contribution in [3.63, 3.8) is 0 Å². The highest BCUT2D eigenvalue weighted by Crippen LogP contribution is 2.53. The highest BCUT2D eigenvalue weighted by atomic mass is 35.5. The van der Waals surface area contributed by atoms with E-state index >= 15 is 0 Å². The standard InChI is InChI=1S/C27H20ClN3O4/c1-35-19-11-9-15(10-12-19)25(32)24-22-21(23-20-8-3-2-5-16(20)14-29-31(23)24)26(33)30(27(22)34)18-7-4-6-17(28)13-18/h2-14,21-24H,1H3/t21-,22+,23+,24-/m0/s1. The number of Topliss-reactive ketones (excluding diaryl/α,β-unsaturated/α-hetero) is 1. The molecule has 3 aliphatic heterocycles. The van der Waals surface area contributed by atoms with Crippen LogP contribution in [0, 0.1) is 11.8 Å². The van der Waals surface area contributed by atoms with Gasteiger partial charge in [0.2, 0.25) is 11.8 Å². The van der Waals surface area contributed by atoms with Crippen LogP contribution in [0.3, 0.4) is 0 Å². The van der Waals surface area contributed by atoms with Gasteiger partial charge in [-0.25, -0.2) is 4.90 Å². The Kier molecular flexibility index (Phi) is 4.96. The summed E-state index contributed by atoms with van der Waals surface area (Å²) in [6.45, 7) is 0. The molecule has 3 aromatic carbocycles. The maximum atomic E-state index is 13.8. The smallest absolute Gasteiger partial charge is 0.240 e. The number of hydrazone groups is 1. The summed E-state index contributed by atoms with van der Waals surface area (Å²) in [5, 5.41) is 6.64. The van der Waals surface area contributed by atoms with Gasteiger partial charge in [-0.2, -0.15) is 5.10 Å². The van der Waals surface area contributed by atoms with Crippen LogP contribution in [-0.2, 0) is 9.59 Å². The molecule has 0 N–H and O–H groups in total. The molecule has 2 amide bonds. The normalized spacial score (nSPS) is 24.3. The lowest BCUT2D eigenvalue weighted by atomic mass is 9.83. The average molecular weight is 486 g/mol. The molecule has 8 heteroatoms. The number of ketones is 1. The zero-order valence-corrected chi connectivity index (χ0v) is 19.4. The Morgan fingerprint density at radius 2 is 1.69 bits per heavy atom. The Morgan fingerprint density at radius 1 is 0.943 bits per heavy atom. The van der Waals surface area contributed by atoms with Gasteiger partial charge in [0.25, 0.3) is 0 Å². The van der Waals surface area contributed by atoms with E-state index in [0.717, 1.165) is 11.1 Å². The molecule has 2 saturated heterocycles. The second-order valence-corrected chi connectivity index (χ2v) is 9.22. The number of carbonyl (C=O) groups is 3. The van der Waals surface area contributed by atoms with E-state index in [0.29, 0.717) is 22.0 Å². The lowest BCUT2D eigenvalue weighted by Gasteiger charge is -2.33. The monoisotopic (exact) mass is 485 g/mol. The number of amides is 2. The van der Waals surface area contributed by atoms with E-state index in [4.69, 9.17) is 16.3 Å². The first-order chi connectivity index (χ1) is 17.0. The fourth-order valence-corrected chi connectivity index (χ4v) is 5.65. The Labute approximate surface area is 206 Å². The number of methoxy groups -OCH3 is 1. The Balaban J connectivity index is 1.48. The molecule has 174 valence electrons. The lowest BCUT2D eigenvalue weighted by Crippen LogP contribution is -2.44. The van der Waals surface area contributed by atoms with Crippen molar-refractivity contribution in [1.82, 2.24) is 5.01 Å². The first-order valence-electron chi connectivity index (χ1n) is 11.2. The van der Waals surface area contributed by atoms with Crippen molar-refractivity contribution < 1.29 is 19.1 Å². The summed E-state index contributed by atoms with van der Waals surface area (Å²) in [5.74, 6) is -2.06. The van der Waals surface area contributed by atoms with Crippen LogP contribution < -0.4 is 9.64 Å². The zero-order chi connectivity index (χ0) is 24.3. The predicted molar refractivity (Wildman–Crippen MR) is 131 cm³/mol. The SMILES string of the molecule is COc1ccc(C(=O)[C@@H]2[C@@H]3C(=O)N(c4cccc(Cl)c4)C(=O)[C@@H]3[C@H]3c4ccccc4C=NN23)cc1. The van der Waals surface area contributed by atoms with Crippen LogP contribution in [0.1, 0.15) is 27.5 Å². The molecule has 0 aliphatic carbocycles. The third-order valence-electron chi connectivity index (χ3n) is 7.00. The molecular formula is C27H20ClN3O4. The summed E-state index contributed by atoms with van der Waals surface area (Å²) in [5.41, 5.74) is 2.56. The van der Waals surface area contributed by atoms with Crippen molar-refractivity contribution in [2.75, 3.05) is 12.0 Å². The highest BCUT2D eigenvalue weighted by Gasteiger charge is 2.65. The Hall–Kier alpha value is -3.97. The van der Waals surface area contributed by atoms with E-state index in [-0.39, 0.29) is 11.7 Å². The Bertz CT molecular complexity index is 1400. The molecule has 0 saturated carbocycles. The van der Waals surface area contributed by atoms with Gasteiger partial charge in [-0.15, -0.1) is 0 Å². The van der Waals surface area contributed by atoms with Crippen molar-refractivity contribution in [3.05, 3.63) is 94.5 Å². The van der Waals surface area contributed by atoms with Gasteiger partial charge in [0.15, 0.2) is 5.78 Å². The van der Waals surface area contributed by atoms with Gasteiger partial charge in [0, 0.05) is 10.6 Å². The van der Waals surface area contributed by atoms with Gasteiger partial charge in [-0.1, -0.05) is 41.9 Å². The first-order valence-corrected chi connectivity index (χ1v) is 11.6. The molecule has 3 heterocycles. The summed E-state index contributed by atoms with van der Waals surface area (Å²) < 4.78 is 5.21. The number of rotatable bonds is 4. The van der Waals surface area contributed by atoms with Crippen LogP contribution in [0.2, 0.25) is 5.02 Å². The van der Waals surface area contributed by atoms with E-state index in [1.807, 2.05) is 24.3 Å². The number of nitrogens with zero attached hydrogens (tertiary/aromatic N) is 3. The summed E-state index contributed by atoms with van der Waals surface area (Å²) in [4.78, 5) is 42.7. The topological polar surface area (TPSA) is 79.3 Å². The number of anilines is 1. The molecule has 3 aliphatic rings. The molecule has 0 aromatic heterocycles. The third-order valence-corrected chi connectivity index (χ3v) is 7.24. The van der Waals surface area contributed by atoms with Gasteiger partial charge in [-0.3, -0.25) is 19.4 Å². The van der Waals surface area contributed by atoms with E-state index in [1.165, 1.54) is 4.90 Å². The maximum Gasteiger partial charge on any atom is 0.240 e. The fourth-order valence-electron chi connectivity index (χ4n) is 5.46. The minimum atomic E-state index is -0.927. The molecule has 4 atom stereocenters. The van der Waals surface area contributed by atoms with Crippen molar-refractivity contribution in [2.45, 2.75) is 12.1 Å². The molecule has 0 bridgehead atoms. The number of hydrogen-bond acceptors (Lipinski definition) is 6. The van der Waals surface area contributed by atoms with Gasteiger partial charge < -0.3 is 4.74 Å². The van der Waals surface area contributed by atoms with E-state index in [1.54, 1.807) is 66.9 Å². The van der Waals surface area contributed by atoms with E-state index < -0.39 is 29.8 Å². The van der Waals surface area contributed by atoms with Crippen molar-refractivity contribution in [3.8, 4) is 5.75 Å². The molecule has 6 rings (SSSR count). The van der Waals surface area contributed by atoms with Gasteiger partial charge in [0.05, 0.1) is 36.9 Å². The van der Waals surface area contributed by atoms with Crippen LogP contribution in [-0.4, -0.2) is 42.0 Å². The van der Waals surface area contributed by atoms with Crippen LogP contribution in [0.15, 0.2) is 77.9 Å². The minimum absolute atomic E-state index is 0.268. The zero-order valence-electron chi connectivity index (χ0n) is 18.7. The maximum absolute atomic E-state index is 13.8. The predicted octanol–water partition coefficient (Wildman–Crippen LogP) is 4.11. The van der Waals surface area contributed by atoms with Gasteiger partial charge in [0.1, 0.15) is 11.8 Å². The summed E-state index contributed by atoms with van der Waals surface area (Å²) in [6.07, 6.45) is 1.69. The number of imide groups is 1. The van der Waals surface area contributed by atoms with Crippen LogP contribution in [0.4, 0.5) is 5.69 Å². The quantitative estimate of drug-likeness (QED) is 0.410. The lowest BCUT2D eigenvalue weighted by molar-refractivity contribution is -0.124. The first kappa shape index (κ1) is 21.6. The molecule has 0 spiro atoms. The van der Waals surface area contributed by atoms with E-state index in [9.17, 15) is 14.4 Å². The summed E-state index contributed by atoms with van der Waals surface area (Å²) in [7, 11) is 1.55. The van der Waals surface area contributed by atoms with Crippen LogP contribution in [0.5, 0.6) is 5.75 Å². The summed E-state index contributed by atoms with van der Waals surface area (Å²) >= 11 is 6.16. The average Bonchev–Trinajstić information content (AvgIpc) is 3.36. The van der Waals surface area contributed by atoms with Crippen molar-refractivity contribution in [1.29, 1.82) is 0 Å². The number of halogens is 1. The van der Waals surface area contributed by atoms with Crippen LogP contribution >= 0.6 is 11.6 Å². The highest BCUT2D eigenvalue weighted by molar-refractivity contribution is 6.31. The summed E-state index contributed by atoms with van der Waals surface area (Å²) in [6, 6.07) is 19.5. The molecular weight excluding hydrogens is 466 g/mol. The second-order valence-electron chi connectivity index (χ2n) is 8.78. The van der Waals surface area contributed by atoms with Crippen molar-refractivity contribution in [2.24, 2.45) is 16.9 Å². The largest absolute Gasteiger partial charge is 0.497 e. The molecule has 35 heavy (non-hydrogen) atoms. The van der Waals surface area contributed by atoms with Gasteiger partial charge >= 0.3 is 0 Å². The van der Waals surface area contributed by atoms with Crippen LogP contribution in [0.25, 0.3) is 0 Å². The number of benzene rings is 3. The number of ether oxygens (including phenoxy) is 1. The Morgan fingerprint density at radius 3 is 2.43 bits per heavy atom. The number of fused-ring (bicyclic) bond motifs is 5. The van der Waals surface area contributed by atoms with E-state index in [2.05, 4.69) is 5.10 Å².